The average molecular weight is 586 g/mol. The van der Waals surface area contributed by atoms with Crippen molar-refractivity contribution in [3.8, 4) is 5.75 Å². The van der Waals surface area contributed by atoms with E-state index in [4.69, 9.17) is 0 Å². The topological polar surface area (TPSA) is 54.5 Å². The second-order valence-electron chi connectivity index (χ2n) is 11.5. The van der Waals surface area contributed by atoms with Crippen LogP contribution in [0.3, 0.4) is 0 Å². The summed E-state index contributed by atoms with van der Waals surface area (Å²) in [5.74, 6) is -0.966. The van der Waals surface area contributed by atoms with E-state index in [-0.39, 0.29) is 5.91 Å². The first-order valence-electron chi connectivity index (χ1n) is 14.4. The van der Waals surface area contributed by atoms with E-state index >= 15 is 0 Å². The van der Waals surface area contributed by atoms with E-state index in [0.29, 0.717) is 29.1 Å². The summed E-state index contributed by atoms with van der Waals surface area (Å²) in [7, 11) is 0. The summed E-state index contributed by atoms with van der Waals surface area (Å²) in [4.78, 5) is 20.0. The molecule has 5 nitrogen and oxygen atoms in total. The first kappa shape index (κ1) is 34.3. The highest BCUT2D eigenvalue weighted by molar-refractivity contribution is 6.00. The molecule has 41 heavy (non-hydrogen) atoms. The number of hydrogen-bond donors (Lipinski definition) is 1. The van der Waals surface area contributed by atoms with Gasteiger partial charge in [0.1, 0.15) is 5.75 Å². The number of benzene rings is 1. The molecule has 1 atom stereocenters. The molecule has 0 spiro atoms. The Bertz CT molecular complexity index is 1120. The summed E-state index contributed by atoms with van der Waals surface area (Å²) in [6.45, 7) is 11.9. The van der Waals surface area contributed by atoms with Gasteiger partial charge < -0.3 is 15.0 Å². The van der Waals surface area contributed by atoms with Crippen molar-refractivity contribution < 1.29 is 31.5 Å². The predicted molar refractivity (Wildman–Crippen MR) is 152 cm³/mol. The summed E-state index contributed by atoms with van der Waals surface area (Å²) in [6, 6.07) is 6.04. The molecule has 2 rings (SSSR count). The van der Waals surface area contributed by atoms with E-state index in [2.05, 4.69) is 22.0 Å². The number of rotatable bonds is 15. The fourth-order valence-corrected chi connectivity index (χ4v) is 4.74. The number of unbranched alkanes of at least 4 members (excludes halogenated alkanes) is 7. The number of hydrogen-bond acceptors (Lipinski definition) is 4. The number of anilines is 1. The molecule has 0 saturated heterocycles. The number of ether oxygens (including phenoxy) is 1. The Morgan fingerprint density at radius 1 is 0.976 bits per heavy atom. The summed E-state index contributed by atoms with van der Waals surface area (Å²) in [6.07, 6.45) is -0.145. The SMILES string of the molecule is CCCCCCCCCCNc1cnc(C)cc1C(=O)N([C@H](C)c1cccc(OC(F)(F)C(F)(F)F)c1)C(C)(C)C. The summed E-state index contributed by atoms with van der Waals surface area (Å²) in [5, 5.41) is 3.35. The smallest absolute Gasteiger partial charge is 0.426 e. The number of amides is 1. The Labute approximate surface area is 240 Å². The third-order valence-corrected chi connectivity index (χ3v) is 6.86. The van der Waals surface area contributed by atoms with Crippen molar-refractivity contribution in [2.24, 2.45) is 0 Å². The first-order valence-corrected chi connectivity index (χ1v) is 14.4. The molecule has 2 aromatic rings. The lowest BCUT2D eigenvalue weighted by Crippen LogP contribution is -2.47. The van der Waals surface area contributed by atoms with Crippen LogP contribution in [0.25, 0.3) is 0 Å². The zero-order valence-corrected chi connectivity index (χ0v) is 25.0. The maximum absolute atomic E-state index is 14.0. The fourth-order valence-electron chi connectivity index (χ4n) is 4.74. The summed E-state index contributed by atoms with van der Waals surface area (Å²) in [5.41, 5.74) is 1.28. The van der Waals surface area contributed by atoms with Crippen LogP contribution in [-0.2, 0) is 0 Å². The van der Waals surface area contributed by atoms with Crippen LogP contribution < -0.4 is 10.1 Å². The van der Waals surface area contributed by atoms with E-state index in [1.165, 1.54) is 38.2 Å². The van der Waals surface area contributed by atoms with Gasteiger partial charge in [0.05, 0.1) is 23.5 Å². The number of alkyl halides is 5. The third-order valence-electron chi connectivity index (χ3n) is 6.86. The van der Waals surface area contributed by atoms with Gasteiger partial charge in [0.2, 0.25) is 0 Å². The quantitative estimate of drug-likeness (QED) is 0.167. The molecule has 1 N–H and O–H groups in total. The van der Waals surface area contributed by atoms with Crippen LogP contribution >= 0.6 is 0 Å². The van der Waals surface area contributed by atoms with Gasteiger partial charge in [-0.2, -0.15) is 22.0 Å². The first-order chi connectivity index (χ1) is 19.1. The highest BCUT2D eigenvalue weighted by Crippen LogP contribution is 2.39. The number of nitrogens with zero attached hydrogens (tertiary/aromatic N) is 2. The second-order valence-corrected chi connectivity index (χ2v) is 11.5. The van der Waals surface area contributed by atoms with Crippen molar-refractivity contribution >= 4 is 11.6 Å². The largest absolute Gasteiger partial charge is 0.499 e. The molecule has 1 heterocycles. The Morgan fingerprint density at radius 3 is 2.17 bits per heavy atom. The lowest BCUT2D eigenvalue weighted by atomic mass is 9.96. The van der Waals surface area contributed by atoms with Gasteiger partial charge >= 0.3 is 12.3 Å². The lowest BCUT2D eigenvalue weighted by Gasteiger charge is -2.41. The molecular weight excluding hydrogens is 541 g/mol. The molecule has 0 aliphatic heterocycles. The molecule has 10 heteroatoms. The van der Waals surface area contributed by atoms with Gasteiger partial charge in [0.15, 0.2) is 0 Å². The Morgan fingerprint density at radius 2 is 1.59 bits per heavy atom. The number of pyridine rings is 1. The molecule has 0 aliphatic rings. The number of halogens is 5. The second kappa shape index (κ2) is 14.8. The van der Waals surface area contributed by atoms with Crippen molar-refractivity contribution in [2.45, 2.75) is 117 Å². The highest BCUT2D eigenvalue weighted by atomic mass is 19.4. The van der Waals surface area contributed by atoms with Crippen molar-refractivity contribution in [3.05, 3.63) is 53.3 Å². The van der Waals surface area contributed by atoms with Crippen LogP contribution in [0.2, 0.25) is 0 Å². The number of aromatic nitrogens is 1. The average Bonchev–Trinajstić information content (AvgIpc) is 2.86. The number of carbonyl (C=O) groups is 1. The van der Waals surface area contributed by atoms with Crippen molar-refractivity contribution in [1.82, 2.24) is 9.88 Å². The predicted octanol–water partition coefficient (Wildman–Crippen LogP) is 9.48. The molecule has 0 bridgehead atoms. The Hall–Kier alpha value is -2.91. The van der Waals surface area contributed by atoms with Crippen LogP contribution in [0.5, 0.6) is 5.75 Å². The standard InChI is InChI=1S/C31H44F5N3O2/c1-7-8-9-10-11-12-13-14-18-37-27-21-38-22(2)19-26(27)28(40)39(29(4,5)6)23(3)24-16-15-17-25(20-24)41-31(35,36)30(32,33)34/h15-17,19-21,23,37H,7-14,18H2,1-6H3/t23-/m1/s1. The number of aryl methyl sites for hydroxylation is 1. The van der Waals surface area contributed by atoms with E-state index < -0.39 is 29.6 Å². The minimum Gasteiger partial charge on any atom is -0.426 e. The normalized spacial score (nSPS) is 13.1. The Balaban J connectivity index is 2.22. The molecule has 1 aromatic heterocycles. The maximum Gasteiger partial charge on any atom is 0.499 e. The number of nitrogens with one attached hydrogen (secondary N) is 1. The molecular formula is C31H44F5N3O2. The molecule has 0 saturated carbocycles. The van der Waals surface area contributed by atoms with Gasteiger partial charge in [-0.15, -0.1) is 0 Å². The minimum absolute atomic E-state index is 0.319. The summed E-state index contributed by atoms with van der Waals surface area (Å²) >= 11 is 0. The molecule has 0 aliphatic carbocycles. The fraction of sp³-hybridized carbons (Fsp3) is 0.613. The maximum atomic E-state index is 14.0. The molecule has 1 amide bonds. The van der Waals surface area contributed by atoms with Crippen LogP contribution in [-0.4, -0.2) is 40.2 Å². The minimum atomic E-state index is -5.86. The van der Waals surface area contributed by atoms with Crippen LogP contribution in [0.15, 0.2) is 36.5 Å². The van der Waals surface area contributed by atoms with Crippen LogP contribution in [0.4, 0.5) is 27.6 Å². The van der Waals surface area contributed by atoms with Crippen molar-refractivity contribution in [2.75, 3.05) is 11.9 Å². The van der Waals surface area contributed by atoms with E-state index in [9.17, 15) is 26.7 Å². The van der Waals surface area contributed by atoms with Gasteiger partial charge in [-0.05, 0) is 64.8 Å². The molecule has 0 unspecified atom stereocenters. The van der Waals surface area contributed by atoms with Gasteiger partial charge in [0.25, 0.3) is 5.91 Å². The van der Waals surface area contributed by atoms with Crippen molar-refractivity contribution in [1.29, 1.82) is 0 Å². The van der Waals surface area contributed by atoms with Gasteiger partial charge in [-0.25, -0.2) is 0 Å². The molecule has 0 fully saturated rings. The van der Waals surface area contributed by atoms with E-state index in [1.807, 2.05) is 20.8 Å². The van der Waals surface area contributed by atoms with E-state index in [1.54, 1.807) is 37.1 Å². The monoisotopic (exact) mass is 585 g/mol. The van der Waals surface area contributed by atoms with Crippen LogP contribution in [0.1, 0.15) is 114 Å². The van der Waals surface area contributed by atoms with Crippen molar-refractivity contribution in [3.63, 3.8) is 0 Å². The van der Waals surface area contributed by atoms with Gasteiger partial charge in [0, 0.05) is 17.8 Å². The van der Waals surface area contributed by atoms with Crippen LogP contribution in [0, 0.1) is 6.92 Å². The van der Waals surface area contributed by atoms with Gasteiger partial charge in [-0.1, -0.05) is 64.0 Å². The zero-order valence-electron chi connectivity index (χ0n) is 25.0. The summed E-state index contributed by atoms with van der Waals surface area (Å²) < 4.78 is 69.2. The highest BCUT2D eigenvalue weighted by Gasteiger charge is 2.61. The van der Waals surface area contributed by atoms with Gasteiger partial charge in [-0.3, -0.25) is 9.78 Å². The van der Waals surface area contributed by atoms with E-state index in [0.717, 1.165) is 31.4 Å². The Kier molecular flexibility index (Phi) is 12.4. The number of carbonyl (C=O) groups excluding carboxylic acids is 1. The molecule has 1 aromatic carbocycles. The zero-order chi connectivity index (χ0) is 30.8. The molecule has 230 valence electrons. The third kappa shape index (κ3) is 10.1. The molecule has 0 radical (unpaired) electrons. The lowest BCUT2D eigenvalue weighted by molar-refractivity contribution is -0.360.